The first-order valence-electron chi connectivity index (χ1n) is 4.91. The zero-order valence-electron chi connectivity index (χ0n) is 8.65. The quantitative estimate of drug-likeness (QED) is 0.566. The minimum Gasteiger partial charge on any atom is -0.312 e. The number of aromatic nitrogens is 2. The molecule has 72 valence electrons. The van der Waals surface area contributed by atoms with E-state index in [0.29, 0.717) is 0 Å². The topological polar surface area (TPSA) is 31.7 Å². The van der Waals surface area contributed by atoms with E-state index in [9.17, 15) is 0 Å². The molecule has 0 aliphatic carbocycles. The zero-order valence-corrected chi connectivity index (χ0v) is 8.65. The second kappa shape index (κ2) is 2.84. The molecule has 1 aliphatic rings. The number of fused-ring (bicyclic) bond motifs is 1. The molecule has 3 heteroatoms. The van der Waals surface area contributed by atoms with Crippen molar-refractivity contribution in [1.29, 1.82) is 0 Å². The summed E-state index contributed by atoms with van der Waals surface area (Å²) in [4.78, 5) is 0. The normalized spacial score (nSPS) is 17.2. The predicted octanol–water partition coefficient (Wildman–Crippen LogP) is 0.703. The van der Waals surface area contributed by atoms with Gasteiger partial charge >= 0.3 is 0 Å². The highest BCUT2D eigenvalue weighted by atomic mass is 15.3. The van der Waals surface area contributed by atoms with E-state index in [4.69, 9.17) is 0 Å². The summed E-state index contributed by atoms with van der Waals surface area (Å²) in [6, 6.07) is 0. The van der Waals surface area contributed by atoms with Crippen molar-refractivity contribution in [3.63, 3.8) is 0 Å². The minimum atomic E-state index is 0.172. The third kappa shape index (κ3) is 1.48. The van der Waals surface area contributed by atoms with E-state index in [1.165, 1.54) is 11.3 Å². The Hall–Kier alpha value is -0.830. The van der Waals surface area contributed by atoms with Gasteiger partial charge in [-0.05, 0) is 0 Å². The van der Waals surface area contributed by atoms with Gasteiger partial charge in [0, 0.05) is 40.3 Å². The Bertz CT molecular complexity index is 306. The molecule has 0 aromatic carbocycles. The van der Waals surface area contributed by atoms with Crippen molar-refractivity contribution in [2.45, 2.75) is 39.3 Å². The van der Waals surface area contributed by atoms with Crippen LogP contribution >= 0.6 is 0 Å². The maximum Gasteiger partial charge on any atom is 0.213 e. The lowest BCUT2D eigenvalue weighted by atomic mass is 10.1. The third-order valence-corrected chi connectivity index (χ3v) is 2.53. The molecule has 0 bridgehead atoms. The fourth-order valence-corrected chi connectivity index (χ4v) is 1.90. The monoisotopic (exact) mass is 180 g/mol. The van der Waals surface area contributed by atoms with Crippen LogP contribution in [0.4, 0.5) is 0 Å². The molecule has 13 heavy (non-hydrogen) atoms. The summed E-state index contributed by atoms with van der Waals surface area (Å²) in [5, 5.41) is 6.71. The van der Waals surface area contributed by atoms with Crippen LogP contribution in [0.25, 0.3) is 0 Å². The summed E-state index contributed by atoms with van der Waals surface area (Å²) in [6.45, 7) is 8.79. The lowest BCUT2D eigenvalue weighted by molar-refractivity contribution is -0.808. The SMILES string of the molecule is CC(C)(C)[n+]1[nH]cc2c1CCNC2. The Balaban J connectivity index is 2.43. The maximum atomic E-state index is 3.37. The van der Waals surface area contributed by atoms with Gasteiger partial charge in [0.15, 0.2) is 5.54 Å². The number of hydrogen-bond acceptors (Lipinski definition) is 1. The molecule has 1 aliphatic heterocycles. The van der Waals surface area contributed by atoms with Crippen LogP contribution in [-0.2, 0) is 18.5 Å². The third-order valence-electron chi connectivity index (χ3n) is 2.53. The van der Waals surface area contributed by atoms with Crippen LogP contribution in [0.1, 0.15) is 32.0 Å². The second-order valence-electron chi connectivity index (χ2n) is 4.68. The molecule has 0 radical (unpaired) electrons. The highest BCUT2D eigenvalue weighted by Gasteiger charge is 2.31. The van der Waals surface area contributed by atoms with Gasteiger partial charge in [-0.25, -0.2) is 0 Å². The second-order valence-corrected chi connectivity index (χ2v) is 4.68. The van der Waals surface area contributed by atoms with E-state index in [0.717, 1.165) is 19.5 Å². The Morgan fingerprint density at radius 3 is 2.85 bits per heavy atom. The van der Waals surface area contributed by atoms with Crippen molar-refractivity contribution in [2.75, 3.05) is 6.54 Å². The fraction of sp³-hybridized carbons (Fsp3) is 0.700. The largest absolute Gasteiger partial charge is 0.312 e. The van der Waals surface area contributed by atoms with Gasteiger partial charge in [-0.3, -0.25) is 0 Å². The predicted molar refractivity (Wildman–Crippen MR) is 51.4 cm³/mol. The molecular weight excluding hydrogens is 162 g/mol. The summed E-state index contributed by atoms with van der Waals surface area (Å²) in [6.07, 6.45) is 3.25. The molecular formula is C10H18N3+. The van der Waals surface area contributed by atoms with Crippen LogP contribution in [0.15, 0.2) is 6.20 Å². The lowest BCUT2D eigenvalue weighted by Crippen LogP contribution is -2.55. The summed E-state index contributed by atoms with van der Waals surface area (Å²) in [5.74, 6) is 0. The smallest absolute Gasteiger partial charge is 0.213 e. The molecule has 2 heterocycles. The van der Waals surface area contributed by atoms with Gasteiger partial charge in [-0.15, -0.1) is 4.68 Å². The highest BCUT2D eigenvalue weighted by molar-refractivity contribution is 5.15. The number of H-pyrrole nitrogens is 1. The van der Waals surface area contributed by atoms with Crippen molar-refractivity contribution in [3.05, 3.63) is 17.5 Å². The van der Waals surface area contributed by atoms with E-state index in [-0.39, 0.29) is 5.54 Å². The van der Waals surface area contributed by atoms with E-state index in [2.05, 4.69) is 42.1 Å². The molecule has 0 atom stereocenters. The number of nitrogens with zero attached hydrogens (tertiary/aromatic N) is 1. The summed E-state index contributed by atoms with van der Waals surface area (Å²) >= 11 is 0. The van der Waals surface area contributed by atoms with E-state index < -0.39 is 0 Å². The van der Waals surface area contributed by atoms with Crippen molar-refractivity contribution in [3.8, 4) is 0 Å². The standard InChI is InChI=1S/C10H17N3/c1-10(2,3)13-9-4-5-11-6-8(9)7-12-13/h7,11H,4-6H2,1-3H3/p+1. The zero-order chi connectivity index (χ0) is 9.47. The molecule has 1 aromatic rings. The average Bonchev–Trinajstić information content (AvgIpc) is 2.45. The van der Waals surface area contributed by atoms with Crippen molar-refractivity contribution < 1.29 is 4.68 Å². The average molecular weight is 180 g/mol. The Morgan fingerprint density at radius 2 is 2.15 bits per heavy atom. The molecule has 0 saturated carbocycles. The molecule has 0 amide bonds. The minimum absolute atomic E-state index is 0.172. The lowest BCUT2D eigenvalue weighted by Gasteiger charge is -2.15. The van der Waals surface area contributed by atoms with Gasteiger partial charge in [-0.2, -0.15) is 5.10 Å². The van der Waals surface area contributed by atoms with Crippen LogP contribution < -0.4 is 10.00 Å². The van der Waals surface area contributed by atoms with Gasteiger partial charge in [0.2, 0.25) is 5.69 Å². The summed E-state index contributed by atoms with van der Waals surface area (Å²) in [7, 11) is 0. The van der Waals surface area contributed by atoms with Gasteiger partial charge in [0.1, 0.15) is 0 Å². The highest BCUT2D eigenvalue weighted by Crippen LogP contribution is 2.12. The molecule has 1 aromatic heterocycles. The molecule has 0 saturated heterocycles. The molecule has 2 rings (SSSR count). The van der Waals surface area contributed by atoms with Crippen molar-refractivity contribution in [1.82, 2.24) is 10.4 Å². The van der Waals surface area contributed by atoms with Crippen LogP contribution in [0.3, 0.4) is 0 Å². The van der Waals surface area contributed by atoms with Gasteiger partial charge < -0.3 is 5.32 Å². The first kappa shape index (κ1) is 8.75. The Labute approximate surface area is 79.1 Å². The van der Waals surface area contributed by atoms with Crippen LogP contribution in [-0.4, -0.2) is 11.6 Å². The van der Waals surface area contributed by atoms with Crippen molar-refractivity contribution in [2.24, 2.45) is 0 Å². The van der Waals surface area contributed by atoms with Gasteiger partial charge in [0.25, 0.3) is 0 Å². The fourth-order valence-electron chi connectivity index (χ4n) is 1.90. The van der Waals surface area contributed by atoms with E-state index >= 15 is 0 Å². The van der Waals surface area contributed by atoms with Crippen molar-refractivity contribution >= 4 is 0 Å². The number of aromatic amines is 1. The van der Waals surface area contributed by atoms with Gasteiger partial charge in [-0.1, -0.05) is 0 Å². The molecule has 2 N–H and O–H groups in total. The first-order chi connectivity index (χ1) is 6.09. The van der Waals surface area contributed by atoms with E-state index in [1.807, 2.05) is 0 Å². The number of rotatable bonds is 0. The molecule has 3 nitrogen and oxygen atoms in total. The molecule has 0 fully saturated rings. The van der Waals surface area contributed by atoms with Gasteiger partial charge in [0.05, 0.1) is 11.8 Å². The van der Waals surface area contributed by atoms with Crippen LogP contribution in [0.2, 0.25) is 0 Å². The van der Waals surface area contributed by atoms with Crippen LogP contribution in [0, 0.1) is 0 Å². The molecule has 0 unspecified atom stereocenters. The molecule has 0 spiro atoms. The summed E-state index contributed by atoms with van der Waals surface area (Å²) in [5.41, 5.74) is 3.05. The Kier molecular flexibility index (Phi) is 1.91. The number of nitrogens with one attached hydrogen (secondary N) is 2. The number of hydrogen-bond donors (Lipinski definition) is 2. The first-order valence-corrected chi connectivity index (χ1v) is 4.91. The maximum absolute atomic E-state index is 3.37. The summed E-state index contributed by atoms with van der Waals surface area (Å²) < 4.78 is 2.28. The Morgan fingerprint density at radius 1 is 1.38 bits per heavy atom. The van der Waals surface area contributed by atoms with E-state index in [1.54, 1.807) is 0 Å². The van der Waals surface area contributed by atoms with Crippen LogP contribution in [0.5, 0.6) is 0 Å².